The molecule has 0 radical (unpaired) electrons. The molecule has 0 aromatic carbocycles. The van der Waals surface area contributed by atoms with E-state index in [1.807, 2.05) is 0 Å². The van der Waals surface area contributed by atoms with Crippen LogP contribution in [0.1, 0.15) is 19.3 Å². The number of rotatable bonds is 2. The summed E-state index contributed by atoms with van der Waals surface area (Å²) < 4.78 is 0. The Balaban J connectivity index is 1.73. The van der Waals surface area contributed by atoms with Gasteiger partial charge in [0.2, 0.25) is 5.91 Å². The van der Waals surface area contributed by atoms with Crippen molar-refractivity contribution in [2.24, 2.45) is 5.73 Å². The molecule has 2 rings (SSSR count). The summed E-state index contributed by atoms with van der Waals surface area (Å²) >= 11 is 0. The molecular weight excluding hydrogens is 208 g/mol. The van der Waals surface area contributed by atoms with Crippen molar-refractivity contribution < 1.29 is 9.59 Å². The van der Waals surface area contributed by atoms with Crippen LogP contribution in [0.4, 0.5) is 4.79 Å². The minimum Gasteiger partial charge on any atom is -0.354 e. The predicted octanol–water partition coefficient (Wildman–Crippen LogP) is -0.992. The van der Waals surface area contributed by atoms with E-state index in [-0.39, 0.29) is 18.0 Å². The first-order valence-electron chi connectivity index (χ1n) is 5.72. The highest BCUT2D eigenvalue weighted by Gasteiger charge is 2.26. The molecule has 0 spiro atoms. The summed E-state index contributed by atoms with van der Waals surface area (Å²) in [7, 11) is 0. The number of nitrogens with two attached hydrogens (primary N) is 1. The third kappa shape index (κ3) is 2.63. The standard InChI is InChI=1S/C10H18N4O2/c11-10(16)14-3-1-7(2-4-14)13-8-5-9(15)12-6-8/h7-8,13H,1-6H2,(H2,11,16)(H,12,15). The highest BCUT2D eigenvalue weighted by Crippen LogP contribution is 2.12. The van der Waals surface area contributed by atoms with Crippen LogP contribution in [0.2, 0.25) is 0 Å². The number of hydrogen-bond donors (Lipinski definition) is 3. The fourth-order valence-corrected chi connectivity index (χ4v) is 2.32. The molecule has 0 bridgehead atoms. The average Bonchev–Trinajstić information content (AvgIpc) is 2.65. The minimum atomic E-state index is -0.337. The molecular formula is C10H18N4O2. The SMILES string of the molecule is NC(=O)N1CCC(NC2CNC(=O)C2)CC1. The van der Waals surface area contributed by atoms with Gasteiger partial charge in [0.25, 0.3) is 0 Å². The van der Waals surface area contributed by atoms with Gasteiger partial charge in [-0.3, -0.25) is 4.79 Å². The summed E-state index contributed by atoms with van der Waals surface area (Å²) in [5.41, 5.74) is 5.21. The number of nitrogens with zero attached hydrogens (tertiary/aromatic N) is 1. The molecule has 6 nitrogen and oxygen atoms in total. The molecule has 6 heteroatoms. The van der Waals surface area contributed by atoms with E-state index in [1.54, 1.807) is 4.90 Å². The zero-order chi connectivity index (χ0) is 11.5. The van der Waals surface area contributed by atoms with Crippen molar-refractivity contribution in [3.05, 3.63) is 0 Å². The smallest absolute Gasteiger partial charge is 0.314 e. The number of carbonyl (C=O) groups is 2. The Labute approximate surface area is 94.5 Å². The Hall–Kier alpha value is -1.30. The van der Waals surface area contributed by atoms with Gasteiger partial charge in [-0.1, -0.05) is 0 Å². The third-order valence-electron chi connectivity index (χ3n) is 3.26. The normalized spacial score (nSPS) is 26.9. The van der Waals surface area contributed by atoms with E-state index in [4.69, 9.17) is 5.73 Å². The van der Waals surface area contributed by atoms with E-state index in [0.29, 0.717) is 25.6 Å². The third-order valence-corrected chi connectivity index (χ3v) is 3.26. The zero-order valence-electron chi connectivity index (χ0n) is 9.24. The Morgan fingerprint density at radius 1 is 1.38 bits per heavy atom. The molecule has 2 fully saturated rings. The lowest BCUT2D eigenvalue weighted by molar-refractivity contribution is -0.119. The summed E-state index contributed by atoms with van der Waals surface area (Å²) in [5.74, 6) is 0.118. The Bertz CT molecular complexity index is 287. The Kier molecular flexibility index (Phi) is 3.28. The van der Waals surface area contributed by atoms with Crippen LogP contribution in [0.5, 0.6) is 0 Å². The van der Waals surface area contributed by atoms with Crippen molar-refractivity contribution >= 4 is 11.9 Å². The number of amides is 3. The van der Waals surface area contributed by atoms with Crippen LogP contribution in [0.3, 0.4) is 0 Å². The first kappa shape index (κ1) is 11.2. The average molecular weight is 226 g/mol. The number of carbonyl (C=O) groups excluding carboxylic acids is 2. The van der Waals surface area contributed by atoms with E-state index < -0.39 is 0 Å². The molecule has 0 aliphatic carbocycles. The van der Waals surface area contributed by atoms with E-state index >= 15 is 0 Å². The second-order valence-electron chi connectivity index (χ2n) is 4.47. The molecule has 2 saturated heterocycles. The molecule has 0 aromatic rings. The molecule has 16 heavy (non-hydrogen) atoms. The molecule has 0 aromatic heterocycles. The molecule has 2 heterocycles. The fraction of sp³-hybridized carbons (Fsp3) is 0.800. The fourth-order valence-electron chi connectivity index (χ4n) is 2.32. The highest BCUT2D eigenvalue weighted by atomic mass is 16.2. The first-order valence-corrected chi connectivity index (χ1v) is 5.72. The van der Waals surface area contributed by atoms with Crippen molar-refractivity contribution in [3.8, 4) is 0 Å². The van der Waals surface area contributed by atoms with Crippen molar-refractivity contribution in [2.75, 3.05) is 19.6 Å². The summed E-state index contributed by atoms with van der Waals surface area (Å²) in [6, 6.07) is 0.307. The van der Waals surface area contributed by atoms with Gasteiger partial charge in [0.05, 0.1) is 0 Å². The molecule has 0 saturated carbocycles. The lowest BCUT2D eigenvalue weighted by atomic mass is 10.0. The van der Waals surface area contributed by atoms with E-state index in [2.05, 4.69) is 10.6 Å². The van der Waals surface area contributed by atoms with Crippen LogP contribution in [-0.2, 0) is 4.79 Å². The van der Waals surface area contributed by atoms with Crippen LogP contribution in [-0.4, -0.2) is 48.6 Å². The van der Waals surface area contributed by atoms with Gasteiger partial charge in [-0.2, -0.15) is 0 Å². The number of nitrogens with one attached hydrogen (secondary N) is 2. The zero-order valence-corrected chi connectivity index (χ0v) is 9.24. The van der Waals surface area contributed by atoms with Crippen LogP contribution in [0.15, 0.2) is 0 Å². The maximum absolute atomic E-state index is 11.0. The van der Waals surface area contributed by atoms with Crippen molar-refractivity contribution in [2.45, 2.75) is 31.3 Å². The molecule has 2 aliphatic rings. The van der Waals surface area contributed by atoms with Crippen LogP contribution in [0.25, 0.3) is 0 Å². The summed E-state index contributed by atoms with van der Waals surface area (Å²) in [4.78, 5) is 23.6. The Morgan fingerprint density at radius 3 is 2.56 bits per heavy atom. The summed E-state index contributed by atoms with van der Waals surface area (Å²) in [6.45, 7) is 2.14. The quantitative estimate of drug-likeness (QED) is 0.565. The van der Waals surface area contributed by atoms with Crippen LogP contribution in [0, 0.1) is 0 Å². The topological polar surface area (TPSA) is 87.5 Å². The van der Waals surface area contributed by atoms with Gasteiger partial charge >= 0.3 is 6.03 Å². The maximum atomic E-state index is 11.0. The van der Waals surface area contributed by atoms with Crippen molar-refractivity contribution in [1.29, 1.82) is 0 Å². The minimum absolute atomic E-state index is 0.118. The number of piperidine rings is 1. The number of primary amides is 1. The van der Waals surface area contributed by atoms with Gasteiger partial charge in [-0.15, -0.1) is 0 Å². The number of urea groups is 1. The van der Waals surface area contributed by atoms with Gasteiger partial charge in [0, 0.05) is 38.1 Å². The van der Waals surface area contributed by atoms with Gasteiger partial charge in [0.15, 0.2) is 0 Å². The van der Waals surface area contributed by atoms with Gasteiger partial charge in [0.1, 0.15) is 0 Å². The van der Waals surface area contributed by atoms with Gasteiger partial charge < -0.3 is 21.3 Å². The highest BCUT2D eigenvalue weighted by molar-refractivity contribution is 5.78. The number of likely N-dealkylation sites (tertiary alicyclic amines) is 1. The summed E-state index contributed by atoms with van der Waals surface area (Å²) in [5, 5.41) is 6.25. The lowest BCUT2D eigenvalue weighted by Gasteiger charge is -2.32. The molecule has 3 amide bonds. The number of hydrogen-bond acceptors (Lipinski definition) is 3. The predicted molar refractivity (Wildman–Crippen MR) is 58.7 cm³/mol. The van der Waals surface area contributed by atoms with E-state index in [0.717, 1.165) is 19.4 Å². The van der Waals surface area contributed by atoms with Crippen molar-refractivity contribution in [1.82, 2.24) is 15.5 Å². The molecule has 1 atom stereocenters. The lowest BCUT2D eigenvalue weighted by Crippen LogP contribution is -2.49. The Morgan fingerprint density at radius 2 is 2.06 bits per heavy atom. The molecule has 1 unspecified atom stereocenters. The van der Waals surface area contributed by atoms with Gasteiger partial charge in [-0.25, -0.2) is 4.79 Å². The second-order valence-corrected chi connectivity index (χ2v) is 4.47. The van der Waals surface area contributed by atoms with Crippen LogP contribution < -0.4 is 16.4 Å². The monoisotopic (exact) mass is 226 g/mol. The molecule has 2 aliphatic heterocycles. The largest absolute Gasteiger partial charge is 0.354 e. The van der Waals surface area contributed by atoms with Gasteiger partial charge in [-0.05, 0) is 12.8 Å². The molecule has 4 N–H and O–H groups in total. The first-order chi connectivity index (χ1) is 7.65. The van der Waals surface area contributed by atoms with E-state index in [9.17, 15) is 9.59 Å². The van der Waals surface area contributed by atoms with Crippen LogP contribution >= 0.6 is 0 Å². The summed E-state index contributed by atoms with van der Waals surface area (Å²) in [6.07, 6.45) is 2.39. The molecule has 90 valence electrons. The van der Waals surface area contributed by atoms with Crippen molar-refractivity contribution in [3.63, 3.8) is 0 Å². The maximum Gasteiger partial charge on any atom is 0.314 e. The second kappa shape index (κ2) is 4.69. The van der Waals surface area contributed by atoms with E-state index in [1.165, 1.54) is 0 Å².